The van der Waals surface area contributed by atoms with E-state index in [1.807, 2.05) is 12.1 Å². The summed E-state index contributed by atoms with van der Waals surface area (Å²) in [6.07, 6.45) is 4.96. The van der Waals surface area contributed by atoms with Gasteiger partial charge in [-0.3, -0.25) is 14.7 Å². The van der Waals surface area contributed by atoms with E-state index in [2.05, 4.69) is 58.9 Å². The second-order valence-corrected chi connectivity index (χ2v) is 9.52. The van der Waals surface area contributed by atoms with E-state index in [9.17, 15) is 10.1 Å². The predicted octanol–water partition coefficient (Wildman–Crippen LogP) is 3.08. The van der Waals surface area contributed by atoms with Gasteiger partial charge in [-0.1, -0.05) is 19.1 Å². The summed E-state index contributed by atoms with van der Waals surface area (Å²) in [4.78, 5) is 24.1. The van der Waals surface area contributed by atoms with Crippen LogP contribution in [0.2, 0.25) is 0 Å². The second kappa shape index (κ2) is 9.33. The summed E-state index contributed by atoms with van der Waals surface area (Å²) in [7, 11) is 4.25. The Bertz CT molecular complexity index is 974. The van der Waals surface area contributed by atoms with Gasteiger partial charge in [-0.05, 0) is 62.9 Å². The van der Waals surface area contributed by atoms with Gasteiger partial charge in [-0.25, -0.2) is 0 Å². The molecule has 31 heavy (non-hydrogen) atoms. The molecular formula is C25H33N5O. The average molecular weight is 420 g/mol. The Morgan fingerprint density at radius 2 is 2.00 bits per heavy atom. The molecule has 0 spiro atoms. The standard InChI is InChI=1S/C25H33N5O/c1-18-13-20(22-7-6-19(14-26)25-23(22)5-4-10-27-25)16-29(15-18)17-24(31)30-11-8-21(9-12-30)28(2)3/h4-7,10,18,20-21H,8-9,11-13,15-17H2,1-3H3/t18-,20-/m0/s1. The lowest BCUT2D eigenvalue weighted by Gasteiger charge is -2.39. The molecule has 1 amide bonds. The molecule has 2 saturated heterocycles. The molecule has 1 aromatic carbocycles. The molecular weight excluding hydrogens is 386 g/mol. The van der Waals surface area contributed by atoms with E-state index in [1.54, 1.807) is 6.20 Å². The lowest BCUT2D eigenvalue weighted by molar-refractivity contribution is -0.134. The lowest BCUT2D eigenvalue weighted by Crippen LogP contribution is -2.49. The van der Waals surface area contributed by atoms with Crippen LogP contribution >= 0.6 is 0 Å². The molecule has 3 heterocycles. The zero-order valence-corrected chi connectivity index (χ0v) is 18.9. The number of fused-ring (bicyclic) bond motifs is 1. The minimum absolute atomic E-state index is 0.261. The maximum Gasteiger partial charge on any atom is 0.236 e. The zero-order valence-electron chi connectivity index (χ0n) is 18.9. The third kappa shape index (κ3) is 4.73. The molecule has 0 N–H and O–H groups in total. The van der Waals surface area contributed by atoms with Crippen molar-refractivity contribution >= 4 is 16.8 Å². The molecule has 4 rings (SSSR count). The smallest absolute Gasteiger partial charge is 0.236 e. The Balaban J connectivity index is 1.47. The SMILES string of the molecule is C[C@H]1C[C@H](c2ccc(C#N)c3ncccc23)CN(CC(=O)N2CCC(N(C)C)CC2)C1. The van der Waals surface area contributed by atoms with Crippen LogP contribution in [0.3, 0.4) is 0 Å². The van der Waals surface area contributed by atoms with Crippen molar-refractivity contribution in [3.63, 3.8) is 0 Å². The minimum atomic E-state index is 0.261. The van der Waals surface area contributed by atoms with E-state index in [4.69, 9.17) is 0 Å². The fraction of sp³-hybridized carbons (Fsp3) is 0.560. The highest BCUT2D eigenvalue weighted by Gasteiger charge is 2.30. The summed E-state index contributed by atoms with van der Waals surface area (Å²) in [5, 5.41) is 10.5. The highest BCUT2D eigenvalue weighted by atomic mass is 16.2. The van der Waals surface area contributed by atoms with E-state index in [-0.39, 0.29) is 5.91 Å². The van der Waals surface area contributed by atoms with Gasteiger partial charge >= 0.3 is 0 Å². The summed E-state index contributed by atoms with van der Waals surface area (Å²) < 4.78 is 0. The Hall–Kier alpha value is -2.49. The number of aromatic nitrogens is 1. The molecule has 2 aliphatic rings. The Kier molecular flexibility index (Phi) is 6.54. The number of rotatable bonds is 4. The number of carbonyl (C=O) groups excluding carboxylic acids is 1. The number of hydrogen-bond donors (Lipinski definition) is 0. The van der Waals surface area contributed by atoms with Crippen LogP contribution in [-0.2, 0) is 4.79 Å². The van der Waals surface area contributed by atoms with E-state index < -0.39 is 0 Å². The number of benzene rings is 1. The molecule has 0 bridgehead atoms. The predicted molar refractivity (Wildman–Crippen MR) is 123 cm³/mol. The van der Waals surface area contributed by atoms with Crippen molar-refractivity contribution < 1.29 is 4.79 Å². The van der Waals surface area contributed by atoms with Gasteiger partial charge in [0.25, 0.3) is 0 Å². The summed E-state index contributed by atoms with van der Waals surface area (Å²) in [6.45, 7) is 6.33. The highest BCUT2D eigenvalue weighted by Crippen LogP contribution is 2.34. The number of nitriles is 1. The number of piperidine rings is 2. The third-order valence-corrected chi connectivity index (χ3v) is 7.01. The van der Waals surface area contributed by atoms with Gasteiger partial charge in [-0.15, -0.1) is 0 Å². The van der Waals surface area contributed by atoms with Crippen LogP contribution in [0.4, 0.5) is 0 Å². The van der Waals surface area contributed by atoms with Crippen LogP contribution < -0.4 is 0 Å². The number of amides is 1. The van der Waals surface area contributed by atoms with Crippen LogP contribution in [0.25, 0.3) is 10.9 Å². The topological polar surface area (TPSA) is 63.5 Å². The summed E-state index contributed by atoms with van der Waals surface area (Å²) in [5.41, 5.74) is 2.65. The number of nitrogens with zero attached hydrogens (tertiary/aromatic N) is 5. The van der Waals surface area contributed by atoms with Gasteiger partial charge in [0.05, 0.1) is 17.6 Å². The number of hydrogen-bond acceptors (Lipinski definition) is 5. The maximum absolute atomic E-state index is 13.0. The van der Waals surface area contributed by atoms with Gasteiger partial charge < -0.3 is 9.80 Å². The van der Waals surface area contributed by atoms with Crippen molar-refractivity contribution in [2.45, 2.75) is 38.1 Å². The fourth-order valence-corrected chi connectivity index (χ4v) is 5.38. The van der Waals surface area contributed by atoms with Crippen molar-refractivity contribution in [2.75, 3.05) is 46.8 Å². The molecule has 2 atom stereocenters. The van der Waals surface area contributed by atoms with Crippen molar-refractivity contribution in [3.8, 4) is 6.07 Å². The number of pyridine rings is 1. The number of likely N-dealkylation sites (tertiary alicyclic amines) is 2. The van der Waals surface area contributed by atoms with Gasteiger partial charge in [0.1, 0.15) is 6.07 Å². The fourth-order valence-electron chi connectivity index (χ4n) is 5.38. The molecule has 2 aromatic rings. The first kappa shape index (κ1) is 21.7. The largest absolute Gasteiger partial charge is 0.341 e. The first-order valence-corrected chi connectivity index (χ1v) is 11.4. The molecule has 6 heteroatoms. The third-order valence-electron chi connectivity index (χ3n) is 7.01. The van der Waals surface area contributed by atoms with Crippen molar-refractivity contribution in [2.24, 2.45) is 5.92 Å². The second-order valence-electron chi connectivity index (χ2n) is 9.52. The van der Waals surface area contributed by atoms with Crippen LogP contribution in [0.15, 0.2) is 30.5 Å². The molecule has 0 saturated carbocycles. The Morgan fingerprint density at radius 3 is 2.71 bits per heavy atom. The summed E-state index contributed by atoms with van der Waals surface area (Å²) in [6, 6.07) is 10.9. The summed E-state index contributed by atoms with van der Waals surface area (Å²) in [5.74, 6) is 1.13. The molecule has 0 unspecified atom stereocenters. The molecule has 2 fully saturated rings. The summed E-state index contributed by atoms with van der Waals surface area (Å²) >= 11 is 0. The average Bonchev–Trinajstić information content (AvgIpc) is 2.78. The van der Waals surface area contributed by atoms with Crippen LogP contribution in [0.5, 0.6) is 0 Å². The molecule has 6 nitrogen and oxygen atoms in total. The lowest BCUT2D eigenvalue weighted by atomic mass is 9.83. The maximum atomic E-state index is 13.0. The van der Waals surface area contributed by atoms with Crippen LogP contribution in [0, 0.1) is 17.2 Å². The monoisotopic (exact) mass is 419 g/mol. The van der Waals surface area contributed by atoms with Crippen molar-refractivity contribution in [1.29, 1.82) is 5.26 Å². The Morgan fingerprint density at radius 1 is 1.23 bits per heavy atom. The quantitative estimate of drug-likeness (QED) is 0.762. The highest BCUT2D eigenvalue weighted by molar-refractivity contribution is 5.87. The van der Waals surface area contributed by atoms with Gasteiger partial charge in [0, 0.05) is 43.8 Å². The minimum Gasteiger partial charge on any atom is -0.341 e. The van der Waals surface area contributed by atoms with E-state index >= 15 is 0 Å². The first-order valence-electron chi connectivity index (χ1n) is 11.4. The van der Waals surface area contributed by atoms with Crippen LogP contribution in [-0.4, -0.2) is 78.5 Å². The molecule has 1 aromatic heterocycles. The first-order chi connectivity index (χ1) is 15.0. The number of carbonyl (C=O) groups is 1. The zero-order chi connectivity index (χ0) is 22.0. The van der Waals surface area contributed by atoms with E-state index in [0.29, 0.717) is 30.0 Å². The van der Waals surface area contributed by atoms with Gasteiger partial charge in [0.2, 0.25) is 5.91 Å². The van der Waals surface area contributed by atoms with Gasteiger partial charge in [0.15, 0.2) is 0 Å². The molecule has 0 aliphatic carbocycles. The normalized spacial score (nSPS) is 23.3. The van der Waals surface area contributed by atoms with Crippen molar-refractivity contribution in [3.05, 3.63) is 41.6 Å². The van der Waals surface area contributed by atoms with Crippen LogP contribution in [0.1, 0.15) is 43.2 Å². The van der Waals surface area contributed by atoms with E-state index in [0.717, 1.165) is 56.3 Å². The molecule has 2 aliphatic heterocycles. The Labute approximate surface area is 185 Å². The van der Waals surface area contributed by atoms with E-state index in [1.165, 1.54) is 5.56 Å². The molecule has 0 radical (unpaired) electrons. The molecule has 164 valence electrons. The van der Waals surface area contributed by atoms with Gasteiger partial charge in [-0.2, -0.15) is 5.26 Å². The van der Waals surface area contributed by atoms with Crippen molar-refractivity contribution in [1.82, 2.24) is 19.7 Å².